The van der Waals surface area contributed by atoms with E-state index in [0.717, 1.165) is 24.0 Å². The quantitative estimate of drug-likeness (QED) is 0.899. The smallest absolute Gasteiger partial charge is 0.243 e. The van der Waals surface area contributed by atoms with Gasteiger partial charge in [-0.1, -0.05) is 23.8 Å². The monoisotopic (exact) mass is 372 g/mol. The largest absolute Gasteiger partial charge is 0.385 e. The molecule has 1 aromatic carbocycles. The predicted octanol–water partition coefficient (Wildman–Crippen LogP) is 2.70. The summed E-state index contributed by atoms with van der Waals surface area (Å²) in [5.74, 6) is 0.0786. The first kappa shape index (κ1) is 17.6. The number of aromatic nitrogens is 1. The normalized spacial score (nSPS) is 29.5. The number of pyridine rings is 1. The molecule has 1 saturated heterocycles. The van der Waals surface area contributed by atoms with Crippen LogP contribution in [-0.2, 0) is 15.6 Å². The average Bonchev–Trinajstić information content (AvgIpc) is 3.10. The minimum absolute atomic E-state index is 0.0966. The molecule has 3 atom stereocenters. The highest BCUT2D eigenvalue weighted by molar-refractivity contribution is 7.89. The molecule has 2 heterocycles. The van der Waals surface area contributed by atoms with Crippen molar-refractivity contribution in [1.29, 1.82) is 0 Å². The highest BCUT2D eigenvalue weighted by atomic mass is 32.2. The van der Waals surface area contributed by atoms with E-state index in [-0.39, 0.29) is 11.8 Å². The summed E-state index contributed by atoms with van der Waals surface area (Å²) in [5.41, 5.74) is 0.823. The molecule has 26 heavy (non-hydrogen) atoms. The fraction of sp³-hybridized carbons (Fsp3) is 0.450. The van der Waals surface area contributed by atoms with Gasteiger partial charge in [-0.05, 0) is 50.3 Å². The molecular formula is C20H24N2O3S. The van der Waals surface area contributed by atoms with Crippen LogP contribution in [0.5, 0.6) is 0 Å². The van der Waals surface area contributed by atoms with Gasteiger partial charge in [-0.2, -0.15) is 4.31 Å². The maximum Gasteiger partial charge on any atom is 0.243 e. The lowest BCUT2D eigenvalue weighted by Gasteiger charge is -2.41. The highest BCUT2D eigenvalue weighted by Gasteiger charge is 2.52. The second-order valence-corrected chi connectivity index (χ2v) is 9.50. The Kier molecular flexibility index (Phi) is 4.37. The lowest BCUT2D eigenvalue weighted by Crippen LogP contribution is -2.43. The maximum atomic E-state index is 13.1. The zero-order valence-electron chi connectivity index (χ0n) is 14.9. The van der Waals surface area contributed by atoms with Gasteiger partial charge < -0.3 is 5.11 Å². The molecule has 3 unspecified atom stereocenters. The number of sulfonamides is 1. The molecule has 5 nitrogen and oxygen atoms in total. The van der Waals surface area contributed by atoms with Crippen LogP contribution in [0.15, 0.2) is 53.7 Å². The Morgan fingerprint density at radius 3 is 2.65 bits per heavy atom. The van der Waals surface area contributed by atoms with E-state index >= 15 is 0 Å². The lowest BCUT2D eigenvalue weighted by atomic mass is 9.68. The first-order chi connectivity index (χ1) is 12.4. The lowest BCUT2D eigenvalue weighted by molar-refractivity contribution is -0.0643. The fourth-order valence-corrected chi connectivity index (χ4v) is 6.04. The number of rotatable bonds is 3. The van der Waals surface area contributed by atoms with E-state index in [1.807, 2.05) is 31.2 Å². The van der Waals surface area contributed by atoms with Crippen molar-refractivity contribution < 1.29 is 13.5 Å². The van der Waals surface area contributed by atoms with Crippen molar-refractivity contribution in [2.75, 3.05) is 13.1 Å². The molecular weight excluding hydrogens is 348 g/mol. The molecule has 1 aromatic heterocycles. The Morgan fingerprint density at radius 2 is 1.96 bits per heavy atom. The topological polar surface area (TPSA) is 70.5 Å². The number of hydrogen-bond donors (Lipinski definition) is 1. The first-order valence-electron chi connectivity index (χ1n) is 9.11. The summed E-state index contributed by atoms with van der Waals surface area (Å²) in [7, 11) is -3.54. The average molecular weight is 372 g/mol. The molecule has 0 radical (unpaired) electrons. The molecule has 1 aliphatic heterocycles. The van der Waals surface area contributed by atoms with Gasteiger partial charge in [-0.3, -0.25) is 4.98 Å². The van der Waals surface area contributed by atoms with Gasteiger partial charge in [0.2, 0.25) is 10.0 Å². The van der Waals surface area contributed by atoms with E-state index in [0.29, 0.717) is 24.4 Å². The number of hydrogen-bond acceptors (Lipinski definition) is 4. The van der Waals surface area contributed by atoms with Crippen LogP contribution in [0.1, 0.15) is 30.4 Å². The molecule has 0 bridgehead atoms. The molecule has 2 fully saturated rings. The first-order valence-corrected chi connectivity index (χ1v) is 10.5. The molecule has 6 heteroatoms. The summed E-state index contributed by atoms with van der Waals surface area (Å²) in [6, 6.07) is 10.7. The van der Waals surface area contributed by atoms with Gasteiger partial charge in [0, 0.05) is 37.0 Å². The third kappa shape index (κ3) is 2.86. The summed E-state index contributed by atoms with van der Waals surface area (Å²) in [6.45, 7) is 2.77. The molecule has 1 saturated carbocycles. The Morgan fingerprint density at radius 1 is 1.19 bits per heavy atom. The third-order valence-electron chi connectivity index (χ3n) is 5.97. The summed E-state index contributed by atoms with van der Waals surface area (Å²) in [6.07, 6.45) is 5.89. The van der Waals surface area contributed by atoms with Gasteiger partial charge in [0.05, 0.1) is 10.5 Å². The van der Waals surface area contributed by atoms with Crippen LogP contribution in [0.2, 0.25) is 0 Å². The Labute approximate surface area is 154 Å². The number of aryl methyl sites for hydroxylation is 1. The molecule has 2 aliphatic rings. The highest BCUT2D eigenvalue weighted by Crippen LogP contribution is 2.48. The van der Waals surface area contributed by atoms with Crippen molar-refractivity contribution in [3.05, 3.63) is 59.9 Å². The molecule has 0 spiro atoms. The standard InChI is InChI=1S/C20H24N2O3S/c1-15-6-8-18(9-7-15)26(24,25)22-13-16-4-2-10-20(23,19(16)14-22)17-5-3-11-21-12-17/h3,5-9,11-12,16,19,23H,2,4,10,13-14H2,1H3. The van der Waals surface area contributed by atoms with Crippen LogP contribution in [-0.4, -0.2) is 35.9 Å². The Bertz CT molecular complexity index is 883. The minimum atomic E-state index is -3.54. The van der Waals surface area contributed by atoms with E-state index < -0.39 is 15.6 Å². The van der Waals surface area contributed by atoms with Crippen LogP contribution in [0.4, 0.5) is 0 Å². The zero-order valence-corrected chi connectivity index (χ0v) is 15.7. The van der Waals surface area contributed by atoms with Crippen LogP contribution >= 0.6 is 0 Å². The van der Waals surface area contributed by atoms with E-state index in [1.54, 1.807) is 28.8 Å². The van der Waals surface area contributed by atoms with Gasteiger partial charge >= 0.3 is 0 Å². The third-order valence-corrected chi connectivity index (χ3v) is 7.82. The van der Waals surface area contributed by atoms with Crippen LogP contribution in [0, 0.1) is 18.8 Å². The van der Waals surface area contributed by atoms with Crippen molar-refractivity contribution in [3.8, 4) is 0 Å². The van der Waals surface area contributed by atoms with Gasteiger partial charge in [-0.15, -0.1) is 0 Å². The van der Waals surface area contributed by atoms with Crippen LogP contribution in [0.25, 0.3) is 0 Å². The van der Waals surface area contributed by atoms with Crippen molar-refractivity contribution in [2.24, 2.45) is 11.8 Å². The Balaban J connectivity index is 1.65. The summed E-state index contributed by atoms with van der Waals surface area (Å²) < 4.78 is 27.7. The molecule has 4 rings (SSSR count). The van der Waals surface area contributed by atoms with Gasteiger partial charge in [0.15, 0.2) is 0 Å². The number of aliphatic hydroxyl groups is 1. The second kappa shape index (κ2) is 6.44. The predicted molar refractivity (Wildman–Crippen MR) is 98.9 cm³/mol. The number of benzene rings is 1. The van der Waals surface area contributed by atoms with Crippen molar-refractivity contribution in [1.82, 2.24) is 9.29 Å². The fourth-order valence-electron chi connectivity index (χ4n) is 4.52. The zero-order chi connectivity index (χ0) is 18.4. The van der Waals surface area contributed by atoms with E-state index in [1.165, 1.54) is 0 Å². The van der Waals surface area contributed by atoms with Crippen molar-refractivity contribution >= 4 is 10.0 Å². The summed E-state index contributed by atoms with van der Waals surface area (Å²) in [4.78, 5) is 4.48. The van der Waals surface area contributed by atoms with E-state index in [4.69, 9.17) is 0 Å². The summed E-state index contributed by atoms with van der Waals surface area (Å²) in [5, 5.41) is 11.4. The van der Waals surface area contributed by atoms with E-state index in [9.17, 15) is 13.5 Å². The number of fused-ring (bicyclic) bond motifs is 1. The van der Waals surface area contributed by atoms with Gasteiger partial charge in [0.25, 0.3) is 0 Å². The second-order valence-electron chi connectivity index (χ2n) is 7.56. The summed E-state index contributed by atoms with van der Waals surface area (Å²) >= 11 is 0. The molecule has 1 aliphatic carbocycles. The molecule has 0 amide bonds. The van der Waals surface area contributed by atoms with Crippen molar-refractivity contribution in [2.45, 2.75) is 36.7 Å². The SMILES string of the molecule is Cc1ccc(S(=O)(=O)N2CC3CCCC(O)(c4cccnc4)C3C2)cc1. The van der Waals surface area contributed by atoms with E-state index in [2.05, 4.69) is 4.98 Å². The molecule has 1 N–H and O–H groups in total. The van der Waals surface area contributed by atoms with Crippen LogP contribution < -0.4 is 0 Å². The minimum Gasteiger partial charge on any atom is -0.385 e. The van der Waals surface area contributed by atoms with Gasteiger partial charge in [0.1, 0.15) is 0 Å². The van der Waals surface area contributed by atoms with Crippen LogP contribution in [0.3, 0.4) is 0 Å². The van der Waals surface area contributed by atoms with Gasteiger partial charge in [-0.25, -0.2) is 8.42 Å². The molecule has 138 valence electrons. The molecule has 2 aromatic rings. The van der Waals surface area contributed by atoms with Crippen molar-refractivity contribution in [3.63, 3.8) is 0 Å². The number of nitrogens with zero attached hydrogens (tertiary/aromatic N) is 2. The Hall–Kier alpha value is -1.76. The maximum absolute atomic E-state index is 13.1.